The van der Waals surface area contributed by atoms with E-state index in [0.29, 0.717) is 18.8 Å². The van der Waals surface area contributed by atoms with E-state index in [1.165, 1.54) is 11.4 Å². The number of hydrogen-bond donors (Lipinski definition) is 0. The van der Waals surface area contributed by atoms with Crippen LogP contribution < -0.4 is 0 Å². The second-order valence-electron chi connectivity index (χ2n) is 6.25. The van der Waals surface area contributed by atoms with Gasteiger partial charge < -0.3 is 4.40 Å². The first-order valence-electron chi connectivity index (χ1n) is 8.67. The Morgan fingerprint density at radius 2 is 1.89 bits per heavy atom. The Bertz CT molecular complexity index is 1110. The van der Waals surface area contributed by atoms with Crippen molar-refractivity contribution >= 4 is 11.4 Å². The minimum absolute atomic E-state index is 0.187. The van der Waals surface area contributed by atoms with Crippen molar-refractivity contribution in [1.29, 1.82) is 0 Å². The Kier molecular flexibility index (Phi) is 3.68. The summed E-state index contributed by atoms with van der Waals surface area (Å²) in [5.41, 5.74) is 3.35. The zero-order chi connectivity index (χ0) is 18.2. The molecule has 8 nitrogen and oxygen atoms in total. The number of rotatable bonds is 3. The molecule has 1 aliphatic heterocycles. The van der Waals surface area contributed by atoms with E-state index < -0.39 is 0 Å². The smallest absolute Gasteiger partial charge is 0.296 e. The predicted molar refractivity (Wildman–Crippen MR) is 97.2 cm³/mol. The molecule has 1 fully saturated rings. The van der Waals surface area contributed by atoms with Gasteiger partial charge in [-0.3, -0.25) is 9.63 Å². The summed E-state index contributed by atoms with van der Waals surface area (Å²) in [4.78, 5) is 26.3. The van der Waals surface area contributed by atoms with Crippen LogP contribution in [0.2, 0.25) is 0 Å². The minimum Gasteiger partial charge on any atom is -0.301 e. The van der Waals surface area contributed by atoms with E-state index in [1.807, 2.05) is 34.9 Å². The van der Waals surface area contributed by atoms with E-state index in [2.05, 4.69) is 15.1 Å². The van der Waals surface area contributed by atoms with E-state index in [9.17, 15) is 4.79 Å². The van der Waals surface area contributed by atoms with Gasteiger partial charge in [-0.15, -0.1) is 0 Å². The van der Waals surface area contributed by atoms with Crippen LogP contribution in [0.5, 0.6) is 0 Å². The molecule has 0 radical (unpaired) electrons. The fourth-order valence-corrected chi connectivity index (χ4v) is 3.26. The Morgan fingerprint density at radius 3 is 2.70 bits per heavy atom. The largest absolute Gasteiger partial charge is 0.301 e. The Hall–Kier alpha value is -3.52. The predicted octanol–water partition coefficient (Wildman–Crippen LogP) is 2.36. The summed E-state index contributed by atoms with van der Waals surface area (Å²) in [7, 11) is 0. The molecule has 0 spiro atoms. The number of fused-ring (bicyclic) bond motifs is 1. The average molecular weight is 360 g/mol. The maximum atomic E-state index is 12.8. The second kappa shape index (κ2) is 6.33. The van der Waals surface area contributed by atoms with Gasteiger partial charge in [0.2, 0.25) is 0 Å². The average Bonchev–Trinajstić information content (AvgIpc) is 3.47. The molecule has 4 aromatic rings. The molecule has 5 heterocycles. The third kappa shape index (κ3) is 2.67. The van der Waals surface area contributed by atoms with E-state index >= 15 is 0 Å². The van der Waals surface area contributed by atoms with Crippen LogP contribution >= 0.6 is 0 Å². The lowest BCUT2D eigenvalue weighted by Crippen LogP contribution is -2.28. The van der Waals surface area contributed by atoms with Crippen LogP contribution in [0.1, 0.15) is 16.9 Å². The van der Waals surface area contributed by atoms with Gasteiger partial charge in [0, 0.05) is 35.2 Å². The third-order valence-electron chi connectivity index (χ3n) is 4.58. The number of aromatic nitrogens is 5. The summed E-state index contributed by atoms with van der Waals surface area (Å²) in [6, 6.07) is 9.67. The van der Waals surface area contributed by atoms with Crippen LogP contribution in [0, 0.1) is 0 Å². The fraction of sp³-hybridized carbons (Fsp3) is 0.158. The van der Waals surface area contributed by atoms with Crippen molar-refractivity contribution in [1.82, 2.24) is 29.2 Å². The summed E-state index contributed by atoms with van der Waals surface area (Å²) in [6.07, 6.45) is 9.50. The van der Waals surface area contributed by atoms with Crippen molar-refractivity contribution in [3.63, 3.8) is 0 Å². The number of nitrogens with zero attached hydrogens (tertiary/aromatic N) is 6. The van der Waals surface area contributed by atoms with Crippen LogP contribution in [0.3, 0.4) is 0 Å². The summed E-state index contributed by atoms with van der Waals surface area (Å²) in [5, 5.41) is 5.77. The number of hydrogen-bond acceptors (Lipinski definition) is 5. The molecule has 5 rings (SSSR count). The Morgan fingerprint density at radius 1 is 1.04 bits per heavy atom. The molecule has 1 amide bonds. The molecule has 1 saturated heterocycles. The molecular weight excluding hydrogens is 344 g/mol. The first kappa shape index (κ1) is 15.7. The highest BCUT2D eigenvalue weighted by atomic mass is 16.7. The van der Waals surface area contributed by atoms with Gasteiger partial charge in [0.15, 0.2) is 0 Å². The highest BCUT2D eigenvalue weighted by Crippen LogP contribution is 2.23. The molecule has 0 saturated carbocycles. The van der Waals surface area contributed by atoms with Gasteiger partial charge in [0.25, 0.3) is 5.91 Å². The molecule has 0 N–H and O–H groups in total. The quantitative estimate of drug-likeness (QED) is 0.560. The minimum atomic E-state index is -0.187. The zero-order valence-electron chi connectivity index (χ0n) is 14.4. The van der Waals surface area contributed by atoms with E-state index in [4.69, 9.17) is 4.84 Å². The number of carbonyl (C=O) groups is 1. The standard InChI is InChI=1S/C19H16N6O2/c26-19(24-8-1-9-27-24)17-6-7-22-25(17)18-5-4-16-3-2-14(12-23(16)18)15-10-20-13-21-11-15/h2-7,10-13H,1,8-9H2. The topological polar surface area (TPSA) is 77.5 Å². The van der Waals surface area contributed by atoms with Gasteiger partial charge in [-0.1, -0.05) is 6.07 Å². The normalized spacial score (nSPS) is 14.1. The van der Waals surface area contributed by atoms with Crippen molar-refractivity contribution in [3.05, 3.63) is 67.1 Å². The summed E-state index contributed by atoms with van der Waals surface area (Å²) >= 11 is 0. The van der Waals surface area contributed by atoms with E-state index in [1.54, 1.807) is 29.3 Å². The molecule has 0 atom stereocenters. The Labute approximate surface area is 154 Å². The first-order chi connectivity index (χ1) is 13.3. The monoisotopic (exact) mass is 360 g/mol. The Balaban J connectivity index is 1.60. The first-order valence-corrected chi connectivity index (χ1v) is 8.67. The third-order valence-corrected chi connectivity index (χ3v) is 4.58. The SMILES string of the molecule is O=C(c1ccnn1-c1ccc2ccc(-c3cncnc3)cn12)N1CCCO1. The molecule has 1 aliphatic rings. The van der Waals surface area contributed by atoms with Crippen molar-refractivity contribution in [2.45, 2.75) is 6.42 Å². The number of pyridine rings is 1. The summed E-state index contributed by atoms with van der Waals surface area (Å²) in [6.45, 7) is 1.16. The van der Waals surface area contributed by atoms with E-state index in [0.717, 1.165) is 28.9 Å². The highest BCUT2D eigenvalue weighted by Gasteiger charge is 2.25. The second-order valence-corrected chi connectivity index (χ2v) is 6.25. The van der Waals surface area contributed by atoms with Gasteiger partial charge in [0.1, 0.15) is 17.8 Å². The molecule has 0 aliphatic carbocycles. The van der Waals surface area contributed by atoms with Crippen LogP contribution in [0.15, 0.2) is 61.4 Å². The molecule has 8 heteroatoms. The highest BCUT2D eigenvalue weighted by molar-refractivity contribution is 5.92. The van der Waals surface area contributed by atoms with Gasteiger partial charge in [-0.05, 0) is 30.7 Å². The lowest BCUT2D eigenvalue weighted by molar-refractivity contribution is -0.0773. The summed E-state index contributed by atoms with van der Waals surface area (Å²) < 4.78 is 3.64. The van der Waals surface area contributed by atoms with Gasteiger partial charge in [0.05, 0.1) is 19.3 Å². The van der Waals surface area contributed by atoms with Gasteiger partial charge in [-0.25, -0.2) is 19.7 Å². The van der Waals surface area contributed by atoms with Crippen LogP contribution in [0.4, 0.5) is 0 Å². The van der Waals surface area contributed by atoms with Crippen molar-refractivity contribution in [3.8, 4) is 16.9 Å². The fourth-order valence-electron chi connectivity index (χ4n) is 3.26. The molecule has 27 heavy (non-hydrogen) atoms. The summed E-state index contributed by atoms with van der Waals surface area (Å²) in [5.74, 6) is 0.587. The molecule has 4 aromatic heterocycles. The van der Waals surface area contributed by atoms with E-state index in [-0.39, 0.29) is 5.91 Å². The number of hydroxylamine groups is 2. The van der Waals surface area contributed by atoms with Crippen LogP contribution in [-0.4, -0.2) is 48.3 Å². The molecule has 0 unspecified atom stereocenters. The van der Waals surface area contributed by atoms with Crippen molar-refractivity contribution < 1.29 is 9.63 Å². The lowest BCUT2D eigenvalue weighted by atomic mass is 10.1. The number of amides is 1. The van der Waals surface area contributed by atoms with Crippen LogP contribution in [-0.2, 0) is 4.84 Å². The van der Waals surface area contributed by atoms with Gasteiger partial charge in [-0.2, -0.15) is 5.10 Å². The van der Waals surface area contributed by atoms with Gasteiger partial charge >= 0.3 is 0 Å². The lowest BCUT2D eigenvalue weighted by Gasteiger charge is -2.15. The molecule has 0 aromatic carbocycles. The maximum absolute atomic E-state index is 12.8. The van der Waals surface area contributed by atoms with Crippen molar-refractivity contribution in [2.24, 2.45) is 0 Å². The maximum Gasteiger partial charge on any atom is 0.296 e. The van der Waals surface area contributed by atoms with Crippen molar-refractivity contribution in [2.75, 3.05) is 13.2 Å². The molecule has 134 valence electrons. The number of carbonyl (C=O) groups excluding carboxylic acids is 1. The molecule has 0 bridgehead atoms. The molecular formula is C19H16N6O2. The van der Waals surface area contributed by atoms with Crippen LogP contribution in [0.25, 0.3) is 22.5 Å². The zero-order valence-corrected chi connectivity index (χ0v) is 14.4.